The fraction of sp³-hybridized carbons (Fsp3) is 0.333. The summed E-state index contributed by atoms with van der Waals surface area (Å²) < 4.78 is 0. The maximum Gasteiger partial charge on any atom is 0.321 e. The van der Waals surface area contributed by atoms with Crippen LogP contribution in [0.5, 0.6) is 0 Å². The van der Waals surface area contributed by atoms with E-state index in [4.69, 9.17) is 0 Å². The third-order valence-corrected chi connectivity index (χ3v) is 4.92. The standard InChI is InChI=1S/C21H23N3O/c1-16-12-17(2)14-19(13-16)23-20(25)24-10-8-21(15-22,9-11-24)18-6-4-3-5-7-18/h3-7,12-14H,8-11H2,1-2H3,(H,23,25). The van der Waals surface area contributed by atoms with Crippen molar-refractivity contribution >= 4 is 11.7 Å². The van der Waals surface area contributed by atoms with Crippen LogP contribution in [0.4, 0.5) is 10.5 Å². The molecule has 0 saturated carbocycles. The molecule has 0 spiro atoms. The second-order valence-electron chi connectivity index (χ2n) is 6.85. The summed E-state index contributed by atoms with van der Waals surface area (Å²) in [5, 5.41) is 12.7. The number of hydrogen-bond acceptors (Lipinski definition) is 2. The molecule has 1 aliphatic rings. The number of carbonyl (C=O) groups excluding carboxylic acids is 1. The Morgan fingerprint density at radius 3 is 2.24 bits per heavy atom. The lowest BCUT2D eigenvalue weighted by Crippen LogP contribution is -2.46. The molecule has 1 heterocycles. The van der Waals surface area contributed by atoms with Crippen molar-refractivity contribution in [2.24, 2.45) is 0 Å². The van der Waals surface area contributed by atoms with Gasteiger partial charge in [-0.3, -0.25) is 0 Å². The molecule has 25 heavy (non-hydrogen) atoms. The highest BCUT2D eigenvalue weighted by Crippen LogP contribution is 2.35. The minimum Gasteiger partial charge on any atom is -0.324 e. The van der Waals surface area contributed by atoms with E-state index in [0.717, 1.165) is 22.4 Å². The highest BCUT2D eigenvalue weighted by atomic mass is 16.2. The Bertz CT molecular complexity index is 779. The lowest BCUT2D eigenvalue weighted by molar-refractivity contribution is 0.183. The smallest absolute Gasteiger partial charge is 0.321 e. The minimum atomic E-state index is -0.488. The molecule has 1 N–H and O–H groups in total. The van der Waals surface area contributed by atoms with Crippen molar-refractivity contribution in [3.63, 3.8) is 0 Å². The van der Waals surface area contributed by atoms with Crippen LogP contribution in [-0.2, 0) is 5.41 Å². The number of aryl methyl sites for hydroxylation is 2. The van der Waals surface area contributed by atoms with Gasteiger partial charge in [-0.05, 0) is 55.5 Å². The maximum absolute atomic E-state index is 12.6. The highest BCUT2D eigenvalue weighted by Gasteiger charge is 2.37. The SMILES string of the molecule is Cc1cc(C)cc(NC(=O)N2CCC(C#N)(c3ccccc3)CC2)c1. The molecular formula is C21H23N3O. The molecule has 1 aliphatic heterocycles. The summed E-state index contributed by atoms with van der Waals surface area (Å²) in [7, 11) is 0. The number of likely N-dealkylation sites (tertiary alicyclic amines) is 1. The Hall–Kier alpha value is -2.80. The first-order chi connectivity index (χ1) is 12.0. The van der Waals surface area contributed by atoms with Crippen molar-refractivity contribution < 1.29 is 4.79 Å². The van der Waals surface area contributed by atoms with Crippen LogP contribution in [0, 0.1) is 25.2 Å². The van der Waals surface area contributed by atoms with E-state index in [9.17, 15) is 10.1 Å². The van der Waals surface area contributed by atoms with Gasteiger partial charge in [-0.15, -0.1) is 0 Å². The summed E-state index contributed by atoms with van der Waals surface area (Å²) in [6, 6.07) is 18.3. The number of nitrogens with one attached hydrogen (secondary N) is 1. The minimum absolute atomic E-state index is 0.0930. The fourth-order valence-electron chi connectivity index (χ4n) is 3.56. The molecule has 0 atom stereocenters. The van der Waals surface area contributed by atoms with Crippen molar-refractivity contribution in [2.75, 3.05) is 18.4 Å². The van der Waals surface area contributed by atoms with Crippen molar-refractivity contribution in [2.45, 2.75) is 32.1 Å². The molecule has 0 unspecified atom stereocenters. The van der Waals surface area contributed by atoms with E-state index in [0.29, 0.717) is 25.9 Å². The third kappa shape index (κ3) is 3.66. The molecule has 2 amide bonds. The van der Waals surface area contributed by atoms with Crippen LogP contribution in [0.2, 0.25) is 0 Å². The highest BCUT2D eigenvalue weighted by molar-refractivity contribution is 5.89. The number of carbonyl (C=O) groups is 1. The van der Waals surface area contributed by atoms with Crippen LogP contribution >= 0.6 is 0 Å². The summed E-state index contributed by atoms with van der Waals surface area (Å²) in [5.41, 5.74) is 3.63. The average molecular weight is 333 g/mol. The predicted octanol–water partition coefficient (Wildman–Crippen LogP) is 4.39. The quantitative estimate of drug-likeness (QED) is 0.886. The number of amides is 2. The number of anilines is 1. The Morgan fingerprint density at radius 1 is 1.08 bits per heavy atom. The number of rotatable bonds is 2. The topological polar surface area (TPSA) is 56.1 Å². The van der Waals surface area contributed by atoms with Crippen LogP contribution in [0.3, 0.4) is 0 Å². The molecule has 2 aromatic rings. The van der Waals surface area contributed by atoms with E-state index < -0.39 is 5.41 Å². The molecule has 128 valence electrons. The number of benzene rings is 2. The zero-order chi connectivity index (χ0) is 17.9. The first-order valence-electron chi connectivity index (χ1n) is 8.63. The molecule has 0 aromatic heterocycles. The number of hydrogen-bond donors (Lipinski definition) is 1. The van der Waals surface area contributed by atoms with E-state index in [2.05, 4.69) is 17.5 Å². The monoisotopic (exact) mass is 333 g/mol. The molecular weight excluding hydrogens is 310 g/mol. The number of piperidine rings is 1. The second kappa shape index (κ2) is 6.98. The number of urea groups is 1. The van der Waals surface area contributed by atoms with Gasteiger partial charge in [0, 0.05) is 18.8 Å². The van der Waals surface area contributed by atoms with Crippen LogP contribution in [0.1, 0.15) is 29.5 Å². The normalized spacial score (nSPS) is 16.1. The van der Waals surface area contributed by atoms with E-state index in [1.54, 1.807) is 4.90 Å². The summed E-state index contributed by atoms with van der Waals surface area (Å²) in [4.78, 5) is 14.4. The Labute approximate surface area is 149 Å². The summed E-state index contributed by atoms with van der Waals surface area (Å²) in [5.74, 6) is 0. The van der Waals surface area contributed by atoms with Gasteiger partial charge < -0.3 is 10.2 Å². The van der Waals surface area contributed by atoms with Crippen LogP contribution < -0.4 is 5.32 Å². The Kier molecular flexibility index (Phi) is 4.76. The van der Waals surface area contributed by atoms with Crippen molar-refractivity contribution in [3.8, 4) is 6.07 Å². The third-order valence-electron chi connectivity index (χ3n) is 4.92. The van der Waals surface area contributed by atoms with Gasteiger partial charge in [0.25, 0.3) is 0 Å². The van der Waals surface area contributed by atoms with Gasteiger partial charge in [0.05, 0.1) is 11.5 Å². The number of nitrogens with zero attached hydrogens (tertiary/aromatic N) is 2. The molecule has 1 fully saturated rings. The first kappa shape index (κ1) is 17.0. The van der Waals surface area contributed by atoms with E-state index in [1.807, 2.05) is 56.3 Å². The lowest BCUT2D eigenvalue weighted by atomic mass is 9.74. The van der Waals surface area contributed by atoms with Crippen LogP contribution in [0.25, 0.3) is 0 Å². The van der Waals surface area contributed by atoms with Gasteiger partial charge in [-0.25, -0.2) is 4.79 Å². The Morgan fingerprint density at radius 2 is 1.68 bits per heavy atom. The molecule has 0 bridgehead atoms. The van der Waals surface area contributed by atoms with Gasteiger partial charge >= 0.3 is 6.03 Å². The lowest BCUT2D eigenvalue weighted by Gasteiger charge is -2.37. The second-order valence-corrected chi connectivity index (χ2v) is 6.85. The molecule has 2 aromatic carbocycles. The molecule has 1 saturated heterocycles. The predicted molar refractivity (Wildman–Crippen MR) is 99.5 cm³/mol. The van der Waals surface area contributed by atoms with Crippen LogP contribution in [-0.4, -0.2) is 24.0 Å². The van der Waals surface area contributed by atoms with Gasteiger partial charge in [0.1, 0.15) is 0 Å². The average Bonchev–Trinajstić information content (AvgIpc) is 2.61. The van der Waals surface area contributed by atoms with Crippen LogP contribution in [0.15, 0.2) is 48.5 Å². The Balaban J connectivity index is 1.67. The first-order valence-corrected chi connectivity index (χ1v) is 8.63. The van der Waals surface area contributed by atoms with E-state index in [-0.39, 0.29) is 6.03 Å². The largest absolute Gasteiger partial charge is 0.324 e. The summed E-state index contributed by atoms with van der Waals surface area (Å²) in [6.07, 6.45) is 1.32. The van der Waals surface area contributed by atoms with Gasteiger partial charge in [-0.1, -0.05) is 36.4 Å². The molecule has 0 radical (unpaired) electrons. The zero-order valence-corrected chi connectivity index (χ0v) is 14.7. The van der Waals surface area contributed by atoms with E-state index in [1.165, 1.54) is 0 Å². The van der Waals surface area contributed by atoms with Gasteiger partial charge in [-0.2, -0.15) is 5.26 Å². The summed E-state index contributed by atoms with van der Waals surface area (Å²) in [6.45, 7) is 5.20. The summed E-state index contributed by atoms with van der Waals surface area (Å²) >= 11 is 0. The molecule has 0 aliphatic carbocycles. The number of nitriles is 1. The zero-order valence-electron chi connectivity index (χ0n) is 14.7. The van der Waals surface area contributed by atoms with Crippen molar-refractivity contribution in [1.82, 2.24) is 4.90 Å². The molecule has 4 nitrogen and oxygen atoms in total. The van der Waals surface area contributed by atoms with Crippen molar-refractivity contribution in [3.05, 3.63) is 65.2 Å². The molecule has 3 rings (SSSR count). The maximum atomic E-state index is 12.6. The fourth-order valence-corrected chi connectivity index (χ4v) is 3.56. The van der Waals surface area contributed by atoms with Gasteiger partial charge in [0.2, 0.25) is 0 Å². The van der Waals surface area contributed by atoms with E-state index >= 15 is 0 Å². The molecule has 4 heteroatoms. The van der Waals surface area contributed by atoms with Gasteiger partial charge in [0.15, 0.2) is 0 Å². The van der Waals surface area contributed by atoms with Crippen molar-refractivity contribution in [1.29, 1.82) is 5.26 Å².